The number of rotatable bonds is 4. The number of nitrogens with one attached hydrogen (secondary N) is 1. The Balaban J connectivity index is 2.98. The number of hydrogen-bond donors (Lipinski definition) is 2. The summed E-state index contributed by atoms with van der Waals surface area (Å²) >= 11 is 3.20. The number of nitrogens with zero attached hydrogens (tertiary/aromatic N) is 2. The first-order valence-electron chi connectivity index (χ1n) is 4.91. The van der Waals surface area contributed by atoms with Crippen LogP contribution >= 0.6 is 15.9 Å². The molecule has 0 unspecified atom stereocenters. The molecular formula is C9H15BrN4O2S. The van der Waals surface area contributed by atoms with Gasteiger partial charge < -0.3 is 5.73 Å². The quantitative estimate of drug-likeness (QED) is 0.877. The molecule has 1 aromatic rings. The molecule has 96 valence electrons. The van der Waals surface area contributed by atoms with Crippen molar-refractivity contribution in [2.24, 2.45) is 0 Å². The third kappa shape index (κ3) is 3.55. The van der Waals surface area contributed by atoms with E-state index >= 15 is 0 Å². The van der Waals surface area contributed by atoms with E-state index in [2.05, 4.69) is 25.6 Å². The van der Waals surface area contributed by atoms with E-state index in [1.807, 2.05) is 0 Å². The average molecular weight is 323 g/mol. The van der Waals surface area contributed by atoms with Crippen LogP contribution in [0.15, 0.2) is 16.7 Å². The molecular weight excluding hydrogens is 308 g/mol. The first-order valence-corrected chi connectivity index (χ1v) is 7.14. The van der Waals surface area contributed by atoms with Crippen LogP contribution in [0.4, 0.5) is 11.5 Å². The SMILES string of the molecule is CC(C)N(C)S(=O)(=O)Nc1ncc(N)cc1Br. The van der Waals surface area contributed by atoms with Crippen LogP contribution in [-0.2, 0) is 10.2 Å². The van der Waals surface area contributed by atoms with Crippen molar-refractivity contribution in [3.63, 3.8) is 0 Å². The van der Waals surface area contributed by atoms with E-state index in [1.165, 1.54) is 17.5 Å². The Morgan fingerprint density at radius 3 is 2.59 bits per heavy atom. The molecule has 17 heavy (non-hydrogen) atoms. The smallest absolute Gasteiger partial charge is 0.302 e. The lowest BCUT2D eigenvalue weighted by Crippen LogP contribution is -2.37. The Bertz CT molecular complexity index is 504. The molecule has 1 heterocycles. The van der Waals surface area contributed by atoms with Gasteiger partial charge in [0, 0.05) is 13.1 Å². The molecule has 6 nitrogen and oxygen atoms in total. The highest BCUT2D eigenvalue weighted by Gasteiger charge is 2.21. The molecule has 1 rings (SSSR count). The lowest BCUT2D eigenvalue weighted by atomic mass is 10.4. The van der Waals surface area contributed by atoms with Gasteiger partial charge in [-0.3, -0.25) is 4.72 Å². The van der Waals surface area contributed by atoms with Crippen LogP contribution in [0.2, 0.25) is 0 Å². The molecule has 1 aromatic heterocycles. The third-order valence-electron chi connectivity index (χ3n) is 2.19. The standard InChI is InChI=1S/C9H15BrN4O2S/c1-6(2)14(3)17(15,16)13-9-8(10)4-7(11)5-12-9/h4-6H,11H2,1-3H3,(H,12,13). The van der Waals surface area contributed by atoms with E-state index < -0.39 is 10.2 Å². The molecule has 8 heteroatoms. The number of hydrogen-bond acceptors (Lipinski definition) is 4. The molecule has 0 saturated heterocycles. The molecule has 0 spiro atoms. The molecule has 0 aliphatic carbocycles. The largest absolute Gasteiger partial charge is 0.397 e. The Morgan fingerprint density at radius 1 is 1.53 bits per heavy atom. The number of anilines is 2. The van der Waals surface area contributed by atoms with Gasteiger partial charge in [-0.15, -0.1) is 0 Å². The minimum atomic E-state index is -3.60. The first kappa shape index (κ1) is 14.2. The minimum Gasteiger partial charge on any atom is -0.397 e. The molecule has 0 amide bonds. The molecule has 0 aromatic carbocycles. The van der Waals surface area contributed by atoms with Crippen LogP contribution in [0.5, 0.6) is 0 Å². The molecule has 0 radical (unpaired) electrons. The summed E-state index contributed by atoms with van der Waals surface area (Å²) in [7, 11) is -2.10. The van der Waals surface area contributed by atoms with Gasteiger partial charge in [0.1, 0.15) is 0 Å². The van der Waals surface area contributed by atoms with Crippen LogP contribution in [0.3, 0.4) is 0 Å². The van der Waals surface area contributed by atoms with Crippen LogP contribution < -0.4 is 10.5 Å². The van der Waals surface area contributed by atoms with Gasteiger partial charge in [-0.1, -0.05) is 0 Å². The van der Waals surface area contributed by atoms with E-state index in [-0.39, 0.29) is 11.9 Å². The van der Waals surface area contributed by atoms with Crippen molar-refractivity contribution >= 4 is 37.6 Å². The summed E-state index contributed by atoms with van der Waals surface area (Å²) in [5.41, 5.74) is 5.97. The number of pyridine rings is 1. The number of nitrogen functional groups attached to an aromatic ring is 1. The molecule has 0 saturated carbocycles. The van der Waals surface area contributed by atoms with Crippen LogP contribution in [-0.4, -0.2) is 30.8 Å². The topological polar surface area (TPSA) is 88.3 Å². The summed E-state index contributed by atoms with van der Waals surface area (Å²) in [4.78, 5) is 3.92. The Hall–Kier alpha value is -0.860. The number of nitrogens with two attached hydrogens (primary N) is 1. The highest BCUT2D eigenvalue weighted by molar-refractivity contribution is 9.10. The van der Waals surface area contributed by atoms with Crippen molar-refractivity contribution in [3.8, 4) is 0 Å². The number of aromatic nitrogens is 1. The molecule has 0 atom stereocenters. The van der Waals surface area contributed by atoms with Gasteiger partial charge in [-0.2, -0.15) is 12.7 Å². The maximum atomic E-state index is 11.9. The zero-order valence-electron chi connectivity index (χ0n) is 9.81. The fourth-order valence-electron chi connectivity index (χ4n) is 1.000. The van der Waals surface area contributed by atoms with Gasteiger partial charge in [0.05, 0.1) is 16.4 Å². The average Bonchev–Trinajstić information content (AvgIpc) is 2.21. The fraction of sp³-hybridized carbons (Fsp3) is 0.444. The van der Waals surface area contributed by atoms with Gasteiger partial charge in [0.2, 0.25) is 0 Å². The highest BCUT2D eigenvalue weighted by Crippen LogP contribution is 2.23. The van der Waals surface area contributed by atoms with Crippen molar-refractivity contribution in [1.29, 1.82) is 0 Å². The minimum absolute atomic E-state index is 0.139. The Labute approximate surface area is 110 Å². The molecule has 3 N–H and O–H groups in total. The second kappa shape index (κ2) is 5.19. The summed E-state index contributed by atoms with van der Waals surface area (Å²) in [6.45, 7) is 3.56. The first-order chi connectivity index (χ1) is 7.74. The van der Waals surface area contributed by atoms with Gasteiger partial charge in [-0.05, 0) is 35.8 Å². The van der Waals surface area contributed by atoms with E-state index in [0.717, 1.165) is 0 Å². The van der Waals surface area contributed by atoms with E-state index in [9.17, 15) is 8.42 Å². The van der Waals surface area contributed by atoms with Gasteiger partial charge in [0.25, 0.3) is 0 Å². The van der Waals surface area contributed by atoms with Crippen LogP contribution in [0.25, 0.3) is 0 Å². The molecule has 0 aliphatic heterocycles. The maximum Gasteiger partial charge on any atom is 0.302 e. The maximum absolute atomic E-state index is 11.9. The summed E-state index contributed by atoms with van der Waals surface area (Å²) < 4.78 is 27.9. The Kier molecular flexibility index (Phi) is 4.34. The summed E-state index contributed by atoms with van der Waals surface area (Å²) in [6, 6.07) is 1.44. The zero-order valence-corrected chi connectivity index (χ0v) is 12.2. The van der Waals surface area contributed by atoms with Crippen molar-refractivity contribution in [2.45, 2.75) is 19.9 Å². The monoisotopic (exact) mass is 322 g/mol. The molecule has 0 bridgehead atoms. The van der Waals surface area contributed by atoms with E-state index in [1.54, 1.807) is 19.9 Å². The normalized spacial score (nSPS) is 12.1. The van der Waals surface area contributed by atoms with Crippen LogP contribution in [0.1, 0.15) is 13.8 Å². The van der Waals surface area contributed by atoms with Crippen LogP contribution in [0, 0.1) is 0 Å². The third-order valence-corrected chi connectivity index (χ3v) is 4.43. The summed E-state index contributed by atoms with van der Waals surface area (Å²) in [5.74, 6) is 0.215. The number of halogens is 1. The van der Waals surface area contributed by atoms with Crippen molar-refractivity contribution in [1.82, 2.24) is 9.29 Å². The van der Waals surface area contributed by atoms with E-state index in [4.69, 9.17) is 5.73 Å². The molecule has 0 aliphatic rings. The van der Waals surface area contributed by atoms with Gasteiger partial charge >= 0.3 is 10.2 Å². The second-order valence-electron chi connectivity index (χ2n) is 3.82. The van der Waals surface area contributed by atoms with Crippen molar-refractivity contribution < 1.29 is 8.42 Å². The summed E-state index contributed by atoms with van der Waals surface area (Å²) in [6.07, 6.45) is 1.39. The lowest BCUT2D eigenvalue weighted by molar-refractivity contribution is 0.414. The lowest BCUT2D eigenvalue weighted by Gasteiger charge is -2.21. The fourth-order valence-corrected chi connectivity index (χ4v) is 2.70. The van der Waals surface area contributed by atoms with Gasteiger partial charge in [-0.25, -0.2) is 4.98 Å². The zero-order chi connectivity index (χ0) is 13.2. The molecule has 0 fully saturated rings. The second-order valence-corrected chi connectivity index (χ2v) is 6.40. The van der Waals surface area contributed by atoms with E-state index in [0.29, 0.717) is 10.2 Å². The highest BCUT2D eigenvalue weighted by atomic mass is 79.9. The van der Waals surface area contributed by atoms with Crippen molar-refractivity contribution in [2.75, 3.05) is 17.5 Å². The predicted molar refractivity (Wildman–Crippen MR) is 71.8 cm³/mol. The van der Waals surface area contributed by atoms with Crippen molar-refractivity contribution in [3.05, 3.63) is 16.7 Å². The Morgan fingerprint density at radius 2 is 2.12 bits per heavy atom. The summed E-state index contributed by atoms with van der Waals surface area (Å²) in [5, 5.41) is 0. The van der Waals surface area contributed by atoms with Gasteiger partial charge in [0.15, 0.2) is 5.82 Å². The predicted octanol–water partition coefficient (Wildman–Crippen LogP) is 1.42.